The van der Waals surface area contributed by atoms with Crippen LogP contribution in [-0.2, 0) is 11.3 Å². The van der Waals surface area contributed by atoms with Crippen molar-refractivity contribution < 1.29 is 4.79 Å². The lowest BCUT2D eigenvalue weighted by molar-refractivity contribution is -0.121. The van der Waals surface area contributed by atoms with Crippen molar-refractivity contribution >= 4 is 45.0 Å². The van der Waals surface area contributed by atoms with Crippen LogP contribution in [-0.4, -0.2) is 16.7 Å². The number of hydrogen-bond acceptors (Lipinski definition) is 5. The van der Waals surface area contributed by atoms with Crippen LogP contribution in [0.3, 0.4) is 0 Å². The Kier molecular flexibility index (Phi) is 4.17. The van der Waals surface area contributed by atoms with Crippen molar-refractivity contribution in [2.75, 3.05) is 0 Å². The first-order valence-electron chi connectivity index (χ1n) is 6.60. The van der Waals surface area contributed by atoms with Gasteiger partial charge in [-0.1, -0.05) is 23.5 Å². The number of thiazole rings is 1. The Hall–Kier alpha value is -2.25. The van der Waals surface area contributed by atoms with Crippen LogP contribution in [0, 0.1) is 6.92 Å². The normalized spacial score (nSPS) is 11.3. The number of carbonyl (C=O) groups is 1. The molecule has 112 valence electrons. The van der Waals surface area contributed by atoms with Crippen molar-refractivity contribution in [3.8, 4) is 0 Å². The van der Waals surface area contributed by atoms with E-state index in [1.807, 2.05) is 43.3 Å². The summed E-state index contributed by atoms with van der Waals surface area (Å²) in [6.07, 6.45) is 1.60. The number of amides is 1. The van der Waals surface area contributed by atoms with Gasteiger partial charge < -0.3 is 0 Å². The lowest BCUT2D eigenvalue weighted by Gasteiger charge is -2.02. The third kappa shape index (κ3) is 3.15. The maximum absolute atomic E-state index is 11.9. The van der Waals surface area contributed by atoms with Gasteiger partial charge >= 0.3 is 4.87 Å². The molecule has 0 fully saturated rings. The van der Waals surface area contributed by atoms with Crippen LogP contribution >= 0.6 is 22.7 Å². The van der Waals surface area contributed by atoms with Crippen molar-refractivity contribution in [3.05, 3.63) is 55.8 Å². The molecule has 3 rings (SSSR count). The highest BCUT2D eigenvalue weighted by atomic mass is 32.1. The highest BCUT2D eigenvalue weighted by Gasteiger charge is 2.10. The predicted octanol–water partition coefficient (Wildman–Crippen LogP) is 2.58. The Morgan fingerprint density at radius 2 is 2.09 bits per heavy atom. The maximum atomic E-state index is 11.9. The molecular weight excluding hydrogens is 318 g/mol. The highest BCUT2D eigenvalue weighted by molar-refractivity contribution is 7.16. The first-order valence-corrected chi connectivity index (χ1v) is 8.23. The van der Waals surface area contributed by atoms with Crippen LogP contribution in [0.2, 0.25) is 0 Å². The summed E-state index contributed by atoms with van der Waals surface area (Å²) in [4.78, 5) is 25.9. The van der Waals surface area contributed by atoms with Gasteiger partial charge in [0, 0.05) is 9.75 Å². The fourth-order valence-electron chi connectivity index (χ4n) is 2.03. The average Bonchev–Trinajstić information content (AvgIpc) is 3.03. The first kappa shape index (κ1) is 14.7. The van der Waals surface area contributed by atoms with E-state index >= 15 is 0 Å². The zero-order valence-electron chi connectivity index (χ0n) is 11.8. The van der Waals surface area contributed by atoms with Gasteiger partial charge in [-0.25, -0.2) is 5.43 Å². The number of para-hydroxylation sites is 1. The van der Waals surface area contributed by atoms with Crippen molar-refractivity contribution in [2.24, 2.45) is 5.10 Å². The molecule has 0 unspecified atom stereocenters. The van der Waals surface area contributed by atoms with Gasteiger partial charge in [0.1, 0.15) is 6.54 Å². The van der Waals surface area contributed by atoms with E-state index in [0.717, 1.165) is 26.4 Å². The summed E-state index contributed by atoms with van der Waals surface area (Å²) >= 11 is 2.73. The van der Waals surface area contributed by atoms with E-state index in [1.54, 1.807) is 17.6 Å². The fraction of sp³-hybridized carbons (Fsp3) is 0.133. The maximum Gasteiger partial charge on any atom is 0.308 e. The summed E-state index contributed by atoms with van der Waals surface area (Å²) in [6.45, 7) is 1.97. The molecule has 1 N–H and O–H groups in total. The number of hydrazone groups is 1. The second-order valence-corrected chi connectivity index (χ2v) is 6.98. The molecule has 0 spiro atoms. The molecule has 0 atom stereocenters. The minimum atomic E-state index is -0.324. The van der Waals surface area contributed by atoms with Gasteiger partial charge in [0.15, 0.2) is 0 Å². The minimum Gasteiger partial charge on any atom is -0.289 e. The molecule has 5 nitrogen and oxygen atoms in total. The van der Waals surface area contributed by atoms with E-state index in [4.69, 9.17) is 0 Å². The second-order valence-electron chi connectivity index (χ2n) is 4.66. The predicted molar refractivity (Wildman–Crippen MR) is 90.9 cm³/mol. The summed E-state index contributed by atoms with van der Waals surface area (Å²) in [7, 11) is 0. The third-order valence-corrected chi connectivity index (χ3v) is 4.91. The molecule has 0 radical (unpaired) electrons. The number of fused-ring (bicyclic) bond motifs is 1. The number of hydrogen-bond donors (Lipinski definition) is 1. The number of nitrogens with zero attached hydrogens (tertiary/aromatic N) is 2. The largest absolute Gasteiger partial charge is 0.308 e. The number of rotatable bonds is 4. The molecule has 0 aliphatic heterocycles. The zero-order valence-corrected chi connectivity index (χ0v) is 13.4. The standard InChI is InChI=1S/C15H13N3O2S2/c1-10-6-7-11(21-10)8-16-17-14(19)9-18-12-4-2-3-5-13(12)22-15(18)20/h2-8H,9H2,1H3,(H,17,19)/b16-8+. The van der Waals surface area contributed by atoms with E-state index < -0.39 is 0 Å². The summed E-state index contributed by atoms with van der Waals surface area (Å²) in [5.41, 5.74) is 3.22. The van der Waals surface area contributed by atoms with Gasteiger partial charge in [0.2, 0.25) is 0 Å². The lowest BCUT2D eigenvalue weighted by Crippen LogP contribution is -2.27. The average molecular weight is 331 g/mol. The van der Waals surface area contributed by atoms with Gasteiger partial charge in [-0.3, -0.25) is 14.2 Å². The number of benzene rings is 1. The van der Waals surface area contributed by atoms with E-state index in [2.05, 4.69) is 10.5 Å². The summed E-state index contributed by atoms with van der Waals surface area (Å²) < 4.78 is 2.33. The second kappa shape index (κ2) is 6.25. The molecule has 0 aliphatic carbocycles. The van der Waals surface area contributed by atoms with Crippen molar-refractivity contribution in [3.63, 3.8) is 0 Å². The van der Waals surface area contributed by atoms with Crippen molar-refractivity contribution in [2.45, 2.75) is 13.5 Å². The lowest BCUT2D eigenvalue weighted by atomic mass is 10.3. The Bertz CT molecular complexity index is 905. The molecule has 7 heteroatoms. The number of carbonyl (C=O) groups excluding carboxylic acids is 1. The number of aromatic nitrogens is 1. The van der Waals surface area contributed by atoms with Gasteiger partial charge in [0.05, 0.1) is 16.4 Å². The zero-order chi connectivity index (χ0) is 15.5. The first-order chi connectivity index (χ1) is 10.6. The molecular formula is C15H13N3O2S2. The quantitative estimate of drug-likeness (QED) is 0.590. The van der Waals surface area contributed by atoms with Crippen molar-refractivity contribution in [1.82, 2.24) is 9.99 Å². The molecule has 0 bridgehead atoms. The molecule has 2 aromatic heterocycles. The number of thiophene rings is 1. The van der Waals surface area contributed by atoms with Gasteiger partial charge in [-0.05, 0) is 31.2 Å². The van der Waals surface area contributed by atoms with Crippen molar-refractivity contribution in [1.29, 1.82) is 0 Å². The molecule has 0 aliphatic rings. The molecule has 22 heavy (non-hydrogen) atoms. The Balaban J connectivity index is 1.70. The van der Waals surface area contributed by atoms with Crippen LogP contribution < -0.4 is 10.3 Å². The van der Waals surface area contributed by atoms with Gasteiger partial charge in [0.25, 0.3) is 5.91 Å². The van der Waals surface area contributed by atoms with Crippen LogP contribution in [0.5, 0.6) is 0 Å². The molecule has 1 amide bonds. The van der Waals surface area contributed by atoms with Crippen LogP contribution in [0.25, 0.3) is 10.2 Å². The number of nitrogens with one attached hydrogen (secondary N) is 1. The third-order valence-electron chi connectivity index (χ3n) is 3.02. The molecule has 2 heterocycles. The summed E-state index contributed by atoms with van der Waals surface area (Å²) in [6, 6.07) is 11.3. The topological polar surface area (TPSA) is 63.5 Å². The van der Waals surface area contributed by atoms with Gasteiger partial charge in [-0.15, -0.1) is 11.3 Å². The highest BCUT2D eigenvalue weighted by Crippen LogP contribution is 2.16. The minimum absolute atomic E-state index is 0.0380. The molecule has 1 aromatic carbocycles. The van der Waals surface area contributed by atoms with Crippen LogP contribution in [0.15, 0.2) is 46.3 Å². The SMILES string of the molecule is Cc1ccc(/C=N/NC(=O)Cn2c(=O)sc3ccccc32)s1. The molecule has 3 aromatic rings. The summed E-state index contributed by atoms with van der Waals surface area (Å²) in [5.74, 6) is -0.324. The number of aryl methyl sites for hydroxylation is 1. The smallest absolute Gasteiger partial charge is 0.289 e. The van der Waals surface area contributed by atoms with E-state index in [1.165, 1.54) is 9.44 Å². The van der Waals surface area contributed by atoms with E-state index in [9.17, 15) is 9.59 Å². The Morgan fingerprint density at radius 1 is 1.27 bits per heavy atom. The van der Waals surface area contributed by atoms with E-state index in [0.29, 0.717) is 0 Å². The summed E-state index contributed by atoms with van der Waals surface area (Å²) in [5, 5.41) is 3.92. The molecule has 0 saturated carbocycles. The Labute approximate surface area is 134 Å². The van der Waals surface area contributed by atoms with Crippen LogP contribution in [0.1, 0.15) is 9.75 Å². The van der Waals surface area contributed by atoms with Crippen LogP contribution in [0.4, 0.5) is 0 Å². The monoisotopic (exact) mass is 331 g/mol. The fourth-order valence-corrected chi connectivity index (χ4v) is 3.67. The van der Waals surface area contributed by atoms with Gasteiger partial charge in [-0.2, -0.15) is 5.10 Å². The Morgan fingerprint density at radius 3 is 2.86 bits per heavy atom. The molecule has 0 saturated heterocycles. The van der Waals surface area contributed by atoms with E-state index in [-0.39, 0.29) is 17.3 Å².